The molecule has 8 nitrogen and oxygen atoms in total. The molecule has 0 aliphatic heterocycles. The van der Waals surface area contributed by atoms with Gasteiger partial charge in [0.05, 0.1) is 12.6 Å². The fraction of sp³-hybridized carbons (Fsp3) is 0.448. The maximum absolute atomic E-state index is 6.07. The van der Waals surface area contributed by atoms with Gasteiger partial charge in [-0.05, 0) is 41.9 Å². The van der Waals surface area contributed by atoms with Crippen LogP contribution < -0.4 is 9.47 Å². The lowest BCUT2D eigenvalue weighted by Gasteiger charge is -2.16. The average Bonchev–Trinajstić information content (AvgIpc) is 3.53. The second-order valence-electron chi connectivity index (χ2n) is 12.2. The van der Waals surface area contributed by atoms with Crippen LogP contribution in [0.1, 0.15) is 0 Å². The van der Waals surface area contributed by atoms with E-state index in [0.717, 1.165) is 64.6 Å². The quantitative estimate of drug-likeness (QED) is 0.0995. The molecule has 210 valence electrons. The van der Waals surface area contributed by atoms with Crippen molar-refractivity contribution in [2.24, 2.45) is 0 Å². The number of aromatic nitrogens is 4. The van der Waals surface area contributed by atoms with E-state index in [2.05, 4.69) is 67.4 Å². The number of imidazole rings is 1. The summed E-state index contributed by atoms with van der Waals surface area (Å²) in [5.41, 5.74) is 3.77. The van der Waals surface area contributed by atoms with Gasteiger partial charge in [-0.15, -0.1) is 0 Å². The summed E-state index contributed by atoms with van der Waals surface area (Å²) < 4.78 is 25.3. The molecule has 4 rings (SSSR count). The van der Waals surface area contributed by atoms with E-state index in [1.165, 1.54) is 0 Å². The van der Waals surface area contributed by atoms with Gasteiger partial charge in [0.25, 0.3) is 0 Å². The van der Waals surface area contributed by atoms with Crippen molar-refractivity contribution in [2.45, 2.75) is 58.1 Å². The Labute approximate surface area is 233 Å². The summed E-state index contributed by atoms with van der Waals surface area (Å²) in [6, 6.07) is 14.4. The second-order valence-corrected chi connectivity index (χ2v) is 23.5. The third kappa shape index (κ3) is 8.04. The number of hydrogen-bond acceptors (Lipinski definition) is 6. The highest BCUT2D eigenvalue weighted by Crippen LogP contribution is 2.36. The minimum absolute atomic E-state index is 0.228. The fourth-order valence-electron chi connectivity index (χ4n) is 4.09. The third-order valence-electron chi connectivity index (χ3n) is 6.47. The van der Waals surface area contributed by atoms with Gasteiger partial charge >= 0.3 is 0 Å². The molecule has 10 heteroatoms. The molecule has 0 unspecified atom stereocenters. The van der Waals surface area contributed by atoms with Gasteiger partial charge in [-0.1, -0.05) is 45.3 Å². The zero-order valence-corrected chi connectivity index (χ0v) is 26.3. The highest BCUT2D eigenvalue weighted by Gasteiger charge is 2.18. The summed E-state index contributed by atoms with van der Waals surface area (Å²) >= 11 is 0. The van der Waals surface area contributed by atoms with Crippen LogP contribution in [-0.4, -0.2) is 63.0 Å². The van der Waals surface area contributed by atoms with Crippen molar-refractivity contribution in [2.75, 3.05) is 27.1 Å². The summed E-state index contributed by atoms with van der Waals surface area (Å²) in [6.45, 7) is 16.1. The van der Waals surface area contributed by atoms with Gasteiger partial charge < -0.3 is 23.9 Å². The van der Waals surface area contributed by atoms with Gasteiger partial charge in [0.2, 0.25) is 0 Å². The van der Waals surface area contributed by atoms with Gasteiger partial charge in [0, 0.05) is 58.8 Å². The topological polar surface area (TPSA) is 83.4 Å². The molecule has 2 heterocycles. The van der Waals surface area contributed by atoms with Crippen LogP contribution in [0.3, 0.4) is 0 Å². The molecule has 4 aromatic rings. The maximum atomic E-state index is 6.07. The Morgan fingerprint density at radius 2 is 1.64 bits per heavy atom. The van der Waals surface area contributed by atoms with Gasteiger partial charge in [-0.3, -0.25) is 0 Å². The van der Waals surface area contributed by atoms with Gasteiger partial charge in [0.1, 0.15) is 23.9 Å². The van der Waals surface area contributed by atoms with Crippen molar-refractivity contribution in [3.8, 4) is 34.1 Å². The Balaban J connectivity index is 1.56. The normalized spacial score (nSPS) is 12.3. The lowest BCUT2D eigenvalue weighted by Crippen LogP contribution is -2.22. The van der Waals surface area contributed by atoms with Crippen LogP contribution in [0, 0.1) is 0 Å². The minimum Gasteiger partial charge on any atom is -0.496 e. The van der Waals surface area contributed by atoms with Crippen LogP contribution in [0.15, 0.2) is 48.8 Å². The highest BCUT2D eigenvalue weighted by atomic mass is 28.3. The fourth-order valence-corrected chi connectivity index (χ4v) is 5.60. The molecule has 0 saturated heterocycles. The zero-order chi connectivity index (χ0) is 28.0. The number of nitrogens with zero attached hydrogens (tertiary/aromatic N) is 3. The summed E-state index contributed by atoms with van der Waals surface area (Å²) in [5, 5.41) is 5.88. The molecule has 2 aromatic carbocycles. The van der Waals surface area contributed by atoms with Gasteiger partial charge in [-0.25, -0.2) is 9.67 Å². The number of benzene rings is 2. The van der Waals surface area contributed by atoms with Crippen LogP contribution in [0.5, 0.6) is 11.5 Å². The van der Waals surface area contributed by atoms with Crippen molar-refractivity contribution >= 4 is 27.1 Å². The standard InChI is InChI=1S/C29H42N4O4Si2/c1-34-27-19-23(37-21-36-15-17-39(5,6)7)9-11-24(27)22-8-10-25-26(18-22)33(20-35-14-16-38(2,3)4)32-28(25)29-30-12-13-31-29/h8-13,18-19H,14-17,20-21H2,1-7H3,(H,30,31). The van der Waals surface area contributed by atoms with Crippen LogP contribution >= 0.6 is 0 Å². The molecule has 0 fully saturated rings. The van der Waals surface area contributed by atoms with Crippen LogP contribution in [0.2, 0.25) is 51.4 Å². The van der Waals surface area contributed by atoms with E-state index in [-0.39, 0.29) is 6.79 Å². The van der Waals surface area contributed by atoms with E-state index in [1.54, 1.807) is 13.3 Å². The number of rotatable bonds is 14. The maximum Gasteiger partial charge on any atom is 0.189 e. The van der Waals surface area contributed by atoms with Crippen LogP contribution in [-0.2, 0) is 16.2 Å². The molecular formula is C29H42N4O4Si2. The molecule has 1 N–H and O–H groups in total. The van der Waals surface area contributed by atoms with E-state index in [9.17, 15) is 0 Å². The monoisotopic (exact) mass is 566 g/mol. The van der Waals surface area contributed by atoms with Crippen LogP contribution in [0.4, 0.5) is 0 Å². The van der Waals surface area contributed by atoms with Crippen molar-refractivity contribution in [1.29, 1.82) is 0 Å². The predicted octanol–water partition coefficient (Wildman–Crippen LogP) is 7.11. The molecule has 0 saturated carbocycles. The lowest BCUT2D eigenvalue weighted by molar-refractivity contribution is 0.0219. The number of hydrogen-bond donors (Lipinski definition) is 1. The van der Waals surface area contributed by atoms with Gasteiger partial charge in [-0.2, -0.15) is 5.10 Å². The first-order chi connectivity index (χ1) is 18.5. The summed E-state index contributed by atoms with van der Waals surface area (Å²) in [7, 11) is -0.619. The Bertz CT molecular complexity index is 1360. The van der Waals surface area contributed by atoms with E-state index in [0.29, 0.717) is 12.5 Å². The molecule has 0 aliphatic rings. The van der Waals surface area contributed by atoms with Gasteiger partial charge in [0.15, 0.2) is 12.6 Å². The first kappa shape index (κ1) is 29.1. The summed E-state index contributed by atoms with van der Waals surface area (Å²) in [5.74, 6) is 2.18. The molecule has 0 amide bonds. The Morgan fingerprint density at radius 3 is 2.31 bits per heavy atom. The van der Waals surface area contributed by atoms with E-state index in [4.69, 9.17) is 24.0 Å². The van der Waals surface area contributed by atoms with E-state index in [1.807, 2.05) is 29.1 Å². The van der Waals surface area contributed by atoms with E-state index < -0.39 is 16.1 Å². The average molecular weight is 567 g/mol. The molecule has 2 aromatic heterocycles. The number of ether oxygens (including phenoxy) is 4. The number of fused-ring (bicyclic) bond motifs is 1. The van der Waals surface area contributed by atoms with Crippen molar-refractivity contribution < 1.29 is 18.9 Å². The predicted molar refractivity (Wildman–Crippen MR) is 163 cm³/mol. The smallest absolute Gasteiger partial charge is 0.189 e. The SMILES string of the molecule is COc1cc(OCOCC[Si](C)(C)C)ccc1-c1ccc2c(-c3ncc[nH]3)nn(COCC[Si](C)(C)C)c2c1. The molecule has 0 bridgehead atoms. The Hall–Kier alpha value is -2.93. The molecule has 0 radical (unpaired) electrons. The number of aromatic amines is 1. The second kappa shape index (κ2) is 12.5. The Morgan fingerprint density at radius 1 is 0.897 bits per heavy atom. The first-order valence-electron chi connectivity index (χ1n) is 13.5. The minimum atomic E-state index is -1.18. The molecule has 0 aliphatic carbocycles. The molecule has 0 spiro atoms. The van der Waals surface area contributed by atoms with E-state index >= 15 is 0 Å². The van der Waals surface area contributed by atoms with Crippen molar-refractivity contribution in [3.05, 3.63) is 48.8 Å². The number of methoxy groups -OCH3 is 1. The molecular weight excluding hydrogens is 525 g/mol. The number of nitrogens with one attached hydrogen (secondary N) is 1. The number of H-pyrrole nitrogens is 1. The third-order valence-corrected chi connectivity index (χ3v) is 9.88. The summed E-state index contributed by atoms with van der Waals surface area (Å²) in [6.07, 6.45) is 3.55. The lowest BCUT2D eigenvalue weighted by atomic mass is 10.0. The summed E-state index contributed by atoms with van der Waals surface area (Å²) in [4.78, 5) is 7.62. The Kier molecular flexibility index (Phi) is 9.32. The first-order valence-corrected chi connectivity index (χ1v) is 20.9. The zero-order valence-electron chi connectivity index (χ0n) is 24.3. The highest BCUT2D eigenvalue weighted by molar-refractivity contribution is 6.76. The van der Waals surface area contributed by atoms with Crippen molar-refractivity contribution in [3.63, 3.8) is 0 Å². The molecule has 39 heavy (non-hydrogen) atoms. The van der Waals surface area contributed by atoms with Crippen LogP contribution in [0.25, 0.3) is 33.5 Å². The molecule has 0 atom stereocenters. The van der Waals surface area contributed by atoms with Crippen molar-refractivity contribution in [1.82, 2.24) is 19.7 Å². The largest absolute Gasteiger partial charge is 0.496 e.